The molecule has 1 saturated carbocycles. The monoisotopic (exact) mass is 356 g/mol. The van der Waals surface area contributed by atoms with E-state index in [1.54, 1.807) is 0 Å². The minimum absolute atomic E-state index is 0.300. The zero-order valence-corrected chi connectivity index (χ0v) is 17.0. The number of esters is 1. The van der Waals surface area contributed by atoms with Crippen LogP contribution in [0.15, 0.2) is 30.3 Å². The smallest absolute Gasteiger partial charge is 0.337 e. The van der Waals surface area contributed by atoms with Gasteiger partial charge in [0.05, 0.1) is 18.8 Å². The van der Waals surface area contributed by atoms with E-state index in [2.05, 4.69) is 20.8 Å². The van der Waals surface area contributed by atoms with Crippen LogP contribution in [0.2, 0.25) is 0 Å². The standard InChI is InChI=1S/C21H26O3.C2H6/c1-13-9-14(2)11-18(10-13)24-20-8-6-16-12-17(21(22)23-4)5-7-19(16)15(20)3;1-2/h5-8,12-14,18H,9-11H2,1-4H3;1-2H3/t13-,14+,18?;. The van der Waals surface area contributed by atoms with Crippen LogP contribution in [0, 0.1) is 18.8 Å². The van der Waals surface area contributed by atoms with Gasteiger partial charge in [0, 0.05) is 0 Å². The molecule has 26 heavy (non-hydrogen) atoms. The Morgan fingerprint density at radius 3 is 2.27 bits per heavy atom. The average molecular weight is 357 g/mol. The van der Waals surface area contributed by atoms with Crippen molar-refractivity contribution in [1.29, 1.82) is 0 Å². The van der Waals surface area contributed by atoms with E-state index >= 15 is 0 Å². The number of fused-ring (bicyclic) bond motifs is 1. The van der Waals surface area contributed by atoms with Gasteiger partial charge in [0.1, 0.15) is 5.75 Å². The van der Waals surface area contributed by atoms with Gasteiger partial charge in [-0.25, -0.2) is 4.79 Å². The van der Waals surface area contributed by atoms with Gasteiger partial charge in [0.25, 0.3) is 0 Å². The van der Waals surface area contributed by atoms with Gasteiger partial charge in [-0.05, 0) is 72.6 Å². The van der Waals surface area contributed by atoms with Gasteiger partial charge in [0.2, 0.25) is 0 Å². The Morgan fingerprint density at radius 1 is 1.00 bits per heavy atom. The number of carbonyl (C=O) groups is 1. The summed E-state index contributed by atoms with van der Waals surface area (Å²) in [6.07, 6.45) is 3.85. The van der Waals surface area contributed by atoms with Gasteiger partial charge >= 0.3 is 5.97 Å². The number of hydrogen-bond acceptors (Lipinski definition) is 3. The van der Waals surface area contributed by atoms with Gasteiger partial charge in [0.15, 0.2) is 0 Å². The Morgan fingerprint density at radius 2 is 1.65 bits per heavy atom. The molecule has 3 atom stereocenters. The predicted octanol–water partition coefficient (Wildman–Crippen LogP) is 6.16. The van der Waals surface area contributed by atoms with E-state index in [-0.39, 0.29) is 5.97 Å². The van der Waals surface area contributed by atoms with Crippen molar-refractivity contribution >= 4 is 16.7 Å². The van der Waals surface area contributed by atoms with Crippen molar-refractivity contribution in [3.8, 4) is 5.75 Å². The number of aryl methyl sites for hydroxylation is 1. The molecule has 3 nitrogen and oxygen atoms in total. The van der Waals surface area contributed by atoms with Crippen molar-refractivity contribution in [3.63, 3.8) is 0 Å². The molecule has 1 unspecified atom stereocenters. The first-order valence-corrected chi connectivity index (χ1v) is 9.76. The third-order valence-corrected chi connectivity index (χ3v) is 5.09. The van der Waals surface area contributed by atoms with E-state index in [9.17, 15) is 4.79 Å². The van der Waals surface area contributed by atoms with Crippen molar-refractivity contribution in [2.45, 2.75) is 60.0 Å². The van der Waals surface area contributed by atoms with Crippen molar-refractivity contribution in [1.82, 2.24) is 0 Å². The van der Waals surface area contributed by atoms with E-state index in [0.717, 1.165) is 46.8 Å². The fraction of sp³-hybridized carbons (Fsp3) is 0.522. The summed E-state index contributed by atoms with van der Waals surface area (Å²) in [6.45, 7) is 10.7. The molecule has 0 spiro atoms. The highest BCUT2D eigenvalue weighted by molar-refractivity contribution is 5.96. The lowest BCUT2D eigenvalue weighted by Crippen LogP contribution is -2.28. The van der Waals surface area contributed by atoms with E-state index in [1.165, 1.54) is 13.5 Å². The van der Waals surface area contributed by atoms with Crippen LogP contribution in [-0.4, -0.2) is 19.2 Å². The summed E-state index contributed by atoms with van der Waals surface area (Å²) in [6, 6.07) is 9.73. The molecule has 0 aromatic heterocycles. The molecule has 0 bridgehead atoms. The predicted molar refractivity (Wildman–Crippen MR) is 108 cm³/mol. The minimum Gasteiger partial charge on any atom is -0.490 e. The largest absolute Gasteiger partial charge is 0.490 e. The number of ether oxygens (including phenoxy) is 2. The number of methoxy groups -OCH3 is 1. The first-order valence-electron chi connectivity index (χ1n) is 9.76. The molecule has 0 heterocycles. The van der Waals surface area contributed by atoms with Crippen LogP contribution in [0.5, 0.6) is 5.75 Å². The van der Waals surface area contributed by atoms with Crippen molar-refractivity contribution in [2.75, 3.05) is 7.11 Å². The molecule has 3 heteroatoms. The molecule has 1 aliphatic carbocycles. The van der Waals surface area contributed by atoms with Gasteiger partial charge < -0.3 is 9.47 Å². The molecule has 142 valence electrons. The molecule has 2 aromatic carbocycles. The highest BCUT2D eigenvalue weighted by atomic mass is 16.5. The summed E-state index contributed by atoms with van der Waals surface area (Å²) < 4.78 is 11.1. The van der Waals surface area contributed by atoms with Gasteiger partial charge in [-0.15, -0.1) is 0 Å². The third kappa shape index (κ3) is 4.57. The Kier molecular flexibility index (Phi) is 7.07. The first kappa shape index (κ1) is 20.3. The van der Waals surface area contributed by atoms with Crippen molar-refractivity contribution in [2.24, 2.45) is 11.8 Å². The first-order chi connectivity index (χ1) is 12.5. The Balaban J connectivity index is 0.00000117. The van der Waals surface area contributed by atoms with E-state index in [0.29, 0.717) is 11.7 Å². The van der Waals surface area contributed by atoms with Crippen molar-refractivity contribution in [3.05, 3.63) is 41.5 Å². The summed E-state index contributed by atoms with van der Waals surface area (Å²) in [5.41, 5.74) is 1.71. The number of hydrogen-bond donors (Lipinski definition) is 0. The fourth-order valence-corrected chi connectivity index (χ4v) is 3.99. The quantitative estimate of drug-likeness (QED) is 0.617. The molecule has 2 aromatic rings. The molecule has 1 aliphatic rings. The second-order valence-corrected chi connectivity index (χ2v) is 7.27. The highest BCUT2D eigenvalue weighted by Crippen LogP contribution is 2.34. The lowest BCUT2D eigenvalue weighted by Gasteiger charge is -2.32. The van der Waals surface area contributed by atoms with E-state index in [4.69, 9.17) is 9.47 Å². The molecule has 0 amide bonds. The second kappa shape index (κ2) is 9.07. The molecule has 0 N–H and O–H groups in total. The topological polar surface area (TPSA) is 35.5 Å². The van der Waals surface area contributed by atoms with Crippen LogP contribution >= 0.6 is 0 Å². The second-order valence-electron chi connectivity index (χ2n) is 7.27. The molecule has 1 fully saturated rings. The number of benzene rings is 2. The lowest BCUT2D eigenvalue weighted by atomic mass is 9.82. The summed E-state index contributed by atoms with van der Waals surface area (Å²) in [5, 5.41) is 2.16. The highest BCUT2D eigenvalue weighted by Gasteiger charge is 2.25. The molecule has 0 radical (unpaired) electrons. The Labute approximate surface area is 157 Å². The molecular weight excluding hydrogens is 324 g/mol. The number of rotatable bonds is 3. The Bertz CT molecular complexity index is 740. The third-order valence-electron chi connectivity index (χ3n) is 5.09. The lowest BCUT2D eigenvalue weighted by molar-refractivity contribution is 0.0601. The van der Waals surface area contributed by atoms with Crippen LogP contribution in [0.4, 0.5) is 0 Å². The fourth-order valence-electron chi connectivity index (χ4n) is 3.99. The van der Waals surface area contributed by atoms with E-state index in [1.807, 2.05) is 44.2 Å². The maximum Gasteiger partial charge on any atom is 0.337 e. The van der Waals surface area contributed by atoms with E-state index < -0.39 is 0 Å². The maximum atomic E-state index is 11.7. The van der Waals surface area contributed by atoms with Crippen LogP contribution in [-0.2, 0) is 4.74 Å². The molecule has 0 saturated heterocycles. The van der Waals surface area contributed by atoms with Gasteiger partial charge in [-0.1, -0.05) is 39.8 Å². The SMILES string of the molecule is CC.COC(=O)c1ccc2c(C)c(OC3C[C@@H](C)C[C@@H](C)C3)ccc2c1. The maximum absolute atomic E-state index is 11.7. The minimum atomic E-state index is -0.305. The van der Waals surface area contributed by atoms with Gasteiger partial charge in [-0.3, -0.25) is 0 Å². The molecular formula is C23H32O3. The normalized spacial score (nSPS) is 22.3. The molecule has 3 rings (SSSR count). The van der Waals surface area contributed by atoms with Crippen LogP contribution in [0.3, 0.4) is 0 Å². The zero-order chi connectivity index (χ0) is 19.3. The zero-order valence-electron chi connectivity index (χ0n) is 17.0. The summed E-state index contributed by atoms with van der Waals surface area (Å²) in [7, 11) is 1.40. The van der Waals surface area contributed by atoms with Crippen LogP contribution in [0.1, 0.15) is 62.9 Å². The molecule has 0 aliphatic heterocycles. The summed E-state index contributed by atoms with van der Waals surface area (Å²) in [5.74, 6) is 2.10. The average Bonchev–Trinajstić information content (AvgIpc) is 2.64. The van der Waals surface area contributed by atoms with Crippen LogP contribution < -0.4 is 4.74 Å². The van der Waals surface area contributed by atoms with Crippen LogP contribution in [0.25, 0.3) is 10.8 Å². The van der Waals surface area contributed by atoms with Gasteiger partial charge in [-0.2, -0.15) is 0 Å². The summed E-state index contributed by atoms with van der Waals surface area (Å²) in [4.78, 5) is 11.7. The Hall–Kier alpha value is -2.03. The van der Waals surface area contributed by atoms with Crippen molar-refractivity contribution < 1.29 is 14.3 Å². The summed E-state index contributed by atoms with van der Waals surface area (Å²) >= 11 is 0. The number of carbonyl (C=O) groups excluding carboxylic acids is 1.